The Morgan fingerprint density at radius 1 is 0.807 bits per heavy atom. The first kappa shape index (κ1) is 44.8. The Balaban J connectivity index is 1.65. The van der Waals surface area contributed by atoms with Gasteiger partial charge in [0.05, 0.1) is 12.1 Å². The summed E-state index contributed by atoms with van der Waals surface area (Å²) in [5, 5.41) is 3.59. The van der Waals surface area contributed by atoms with Gasteiger partial charge < -0.3 is 18.8 Å². The molecule has 0 unspecified atom stereocenters. The van der Waals surface area contributed by atoms with Gasteiger partial charge in [0.15, 0.2) is 11.6 Å². The van der Waals surface area contributed by atoms with Gasteiger partial charge in [0.1, 0.15) is 6.10 Å². The van der Waals surface area contributed by atoms with Gasteiger partial charge in [-0.05, 0) is 65.6 Å². The molecule has 4 aromatic rings. The molecule has 4 aromatic carbocycles. The number of amides is 2. The molecule has 0 aliphatic carbocycles. The van der Waals surface area contributed by atoms with Crippen LogP contribution in [0.3, 0.4) is 0 Å². The summed E-state index contributed by atoms with van der Waals surface area (Å²) in [5.41, 5.74) is 0.580. The van der Waals surface area contributed by atoms with Crippen molar-refractivity contribution in [3.05, 3.63) is 132 Å². The van der Waals surface area contributed by atoms with E-state index in [1.165, 1.54) is 0 Å². The second kappa shape index (κ2) is 20.6. The van der Waals surface area contributed by atoms with Gasteiger partial charge in [-0.25, -0.2) is 4.79 Å². The molecule has 0 saturated carbocycles. The van der Waals surface area contributed by atoms with Crippen molar-refractivity contribution >= 4 is 62.6 Å². The minimum absolute atomic E-state index is 0.217. The lowest BCUT2D eigenvalue weighted by atomic mass is 9.86. The molecule has 0 N–H and O–H groups in total. The summed E-state index contributed by atoms with van der Waals surface area (Å²) in [6.07, 6.45) is 2.32. The van der Waals surface area contributed by atoms with Gasteiger partial charge in [0.2, 0.25) is 5.91 Å². The van der Waals surface area contributed by atoms with E-state index >= 15 is 4.79 Å². The summed E-state index contributed by atoms with van der Waals surface area (Å²) in [6.45, 7) is 11.6. The molecular weight excluding hydrogens is 860 g/mol. The van der Waals surface area contributed by atoms with E-state index in [1.807, 2.05) is 62.5 Å². The smallest absolute Gasteiger partial charge is 0.411 e. The number of halogens is 2. The van der Waals surface area contributed by atoms with Gasteiger partial charge in [-0.2, -0.15) is 0 Å². The van der Waals surface area contributed by atoms with Crippen LogP contribution in [-0.4, -0.2) is 78.7 Å². The molecule has 1 aliphatic heterocycles. The highest BCUT2D eigenvalue weighted by Crippen LogP contribution is 2.45. The third-order valence-corrected chi connectivity index (χ3v) is 17.5. The van der Waals surface area contributed by atoms with Crippen LogP contribution in [0.4, 0.5) is 4.79 Å². The first-order valence-corrected chi connectivity index (χ1v) is 24.5. The second-order valence-electron chi connectivity index (χ2n) is 16.1. The van der Waals surface area contributed by atoms with Gasteiger partial charge >= 0.3 is 6.09 Å². The highest BCUT2D eigenvalue weighted by molar-refractivity contribution is 9.09. The molecule has 1 saturated heterocycles. The maximum absolute atomic E-state index is 15.7. The minimum Gasteiger partial charge on any atom is -0.438 e. The number of rotatable bonds is 20. The number of carbonyl (C=O) groups excluding carboxylic acids is 2. The van der Waals surface area contributed by atoms with Crippen LogP contribution in [0.2, 0.25) is 5.04 Å². The Hall–Kier alpha value is -3.28. The maximum Gasteiger partial charge on any atom is 0.411 e. The quantitative estimate of drug-likeness (QED) is 0.0502. The number of hydrogen-bond donors (Lipinski definition) is 0. The number of carbonyl (C=O) groups is 2. The molecule has 0 spiro atoms. The molecule has 57 heavy (non-hydrogen) atoms. The summed E-state index contributed by atoms with van der Waals surface area (Å²) in [4.78, 5) is 33.5. The number of cyclic esters (lactones) is 1. The van der Waals surface area contributed by atoms with Gasteiger partial charge in [-0.1, -0.05) is 181 Å². The van der Waals surface area contributed by atoms with Crippen molar-refractivity contribution in [1.29, 1.82) is 0 Å². The van der Waals surface area contributed by atoms with E-state index in [2.05, 4.69) is 132 Å². The molecule has 1 aliphatic rings. The fourth-order valence-electron chi connectivity index (χ4n) is 8.45. The van der Waals surface area contributed by atoms with Crippen molar-refractivity contribution in [2.45, 2.75) is 102 Å². The lowest BCUT2D eigenvalue weighted by Gasteiger charge is -2.48. The fourth-order valence-corrected chi connectivity index (χ4v) is 14.1. The Kier molecular flexibility index (Phi) is 16.2. The van der Waals surface area contributed by atoms with Crippen LogP contribution in [-0.2, 0) is 18.7 Å². The Labute approximate surface area is 358 Å². The summed E-state index contributed by atoms with van der Waals surface area (Å²) in [7, 11) is -1.29. The third-order valence-electron chi connectivity index (χ3n) is 11.3. The molecule has 0 aromatic heterocycles. The average Bonchev–Trinajstić information content (AvgIpc) is 3.48. The first-order valence-electron chi connectivity index (χ1n) is 20.3. The van der Waals surface area contributed by atoms with Crippen LogP contribution in [0.1, 0.15) is 90.0 Å². The summed E-state index contributed by atoms with van der Waals surface area (Å²) >= 11 is 7.13. The molecule has 0 bridgehead atoms. The molecular formula is C47H60Br2N2O5Si. The lowest BCUT2D eigenvalue weighted by Crippen LogP contribution is -2.70. The SMILES string of the molecule is CC[C@@H](O[Si](c1ccccc1)(c1ccccc1)C(C)(C)C)[C@@]1(C)OC(=O)N(CCCCBr)[C@@H]1C(=O)N(C)[C@H](c1ccccc1)[C@H](OCCCCBr)c1ccccc1. The van der Waals surface area contributed by atoms with E-state index < -0.39 is 44.3 Å². The molecule has 306 valence electrons. The molecule has 5 rings (SSSR count). The monoisotopic (exact) mass is 918 g/mol. The van der Waals surface area contributed by atoms with Crippen molar-refractivity contribution in [3.63, 3.8) is 0 Å². The normalized spacial score (nSPS) is 18.8. The second-order valence-corrected chi connectivity index (χ2v) is 22.0. The molecule has 5 atom stereocenters. The van der Waals surface area contributed by atoms with Crippen LogP contribution in [0.5, 0.6) is 0 Å². The van der Waals surface area contributed by atoms with Crippen LogP contribution in [0.25, 0.3) is 0 Å². The van der Waals surface area contributed by atoms with E-state index in [0.717, 1.165) is 51.4 Å². The zero-order chi connectivity index (χ0) is 41.1. The van der Waals surface area contributed by atoms with E-state index in [-0.39, 0.29) is 10.9 Å². The van der Waals surface area contributed by atoms with Crippen molar-refractivity contribution in [3.8, 4) is 0 Å². The zero-order valence-corrected chi connectivity index (χ0v) is 38.6. The number of alkyl halides is 2. The van der Waals surface area contributed by atoms with Gasteiger partial charge in [0, 0.05) is 30.9 Å². The number of hydrogen-bond acceptors (Lipinski definition) is 5. The molecule has 2 amide bonds. The van der Waals surface area contributed by atoms with Crippen LogP contribution >= 0.6 is 31.9 Å². The average molecular weight is 921 g/mol. The summed E-state index contributed by atoms with van der Waals surface area (Å²) < 4.78 is 21.1. The van der Waals surface area contributed by atoms with Crippen LogP contribution in [0.15, 0.2) is 121 Å². The van der Waals surface area contributed by atoms with E-state index in [4.69, 9.17) is 13.9 Å². The Bertz CT molecular complexity index is 1790. The van der Waals surface area contributed by atoms with Gasteiger partial charge in [0.25, 0.3) is 8.32 Å². The molecule has 1 fully saturated rings. The standard InChI is InChI=1S/C47H60Br2N2O5Si/c1-7-40(56-57(46(2,3)4,38-28-16-10-17-29-38)39-30-18-11-19-31-39)47(5)43(51(45(53)55-47)34-22-20-32-48)44(52)50(6)41(36-24-12-8-13-25-36)42(54-35-23-21-33-49)37-26-14-9-15-27-37/h8-19,24-31,40-43H,7,20-23,32-35H2,1-6H3/t40-,41-,42-,43-,47-/m1/s1. The number of ether oxygens (including phenoxy) is 2. The van der Waals surface area contributed by atoms with Gasteiger partial charge in [-0.3, -0.25) is 9.69 Å². The van der Waals surface area contributed by atoms with Crippen molar-refractivity contribution in [1.82, 2.24) is 9.80 Å². The van der Waals surface area contributed by atoms with E-state index in [0.29, 0.717) is 26.0 Å². The third kappa shape index (κ3) is 9.95. The first-order chi connectivity index (χ1) is 27.4. The van der Waals surface area contributed by atoms with Crippen molar-refractivity contribution in [2.75, 3.05) is 30.9 Å². The topological polar surface area (TPSA) is 68.3 Å². The van der Waals surface area contributed by atoms with Crippen LogP contribution < -0.4 is 10.4 Å². The van der Waals surface area contributed by atoms with Crippen molar-refractivity contribution in [2.24, 2.45) is 0 Å². The number of unbranched alkanes of at least 4 members (excludes halogenated alkanes) is 2. The van der Waals surface area contributed by atoms with Crippen molar-refractivity contribution < 1.29 is 23.5 Å². The predicted octanol–water partition coefficient (Wildman–Crippen LogP) is 10.2. The summed E-state index contributed by atoms with van der Waals surface area (Å²) in [5.74, 6) is -0.217. The van der Waals surface area contributed by atoms with Gasteiger partial charge in [-0.15, -0.1) is 0 Å². The molecule has 1 heterocycles. The Morgan fingerprint density at radius 3 is 1.79 bits per heavy atom. The maximum atomic E-state index is 15.7. The van der Waals surface area contributed by atoms with E-state index in [9.17, 15) is 4.79 Å². The van der Waals surface area contributed by atoms with Crippen LogP contribution in [0, 0.1) is 0 Å². The summed E-state index contributed by atoms with van der Waals surface area (Å²) in [6, 6.07) is 39.7. The Morgan fingerprint density at radius 2 is 1.30 bits per heavy atom. The lowest BCUT2D eigenvalue weighted by molar-refractivity contribution is -0.148. The number of nitrogens with zero attached hydrogens (tertiary/aromatic N) is 2. The van der Waals surface area contributed by atoms with E-state index in [1.54, 1.807) is 9.80 Å². The highest BCUT2D eigenvalue weighted by atomic mass is 79.9. The molecule has 7 nitrogen and oxygen atoms in total. The zero-order valence-electron chi connectivity index (χ0n) is 34.4. The largest absolute Gasteiger partial charge is 0.438 e. The highest BCUT2D eigenvalue weighted by Gasteiger charge is 2.62. The fraction of sp³-hybridized carbons (Fsp3) is 0.447. The number of benzene rings is 4. The predicted molar refractivity (Wildman–Crippen MR) is 241 cm³/mol. The minimum atomic E-state index is -3.14. The molecule has 0 radical (unpaired) electrons. The number of likely N-dealkylation sites (N-methyl/N-ethyl adjacent to an activating group) is 1. The molecule has 10 heteroatoms.